The van der Waals surface area contributed by atoms with Crippen LogP contribution in [-0.4, -0.2) is 38.8 Å². The maximum atomic E-state index is 9.85. The number of anilines is 2. The van der Waals surface area contributed by atoms with Crippen molar-refractivity contribution in [3.8, 4) is 17.2 Å². The highest BCUT2D eigenvalue weighted by Gasteiger charge is 2.21. The quantitative estimate of drug-likeness (QED) is 0.477. The second-order valence-corrected chi connectivity index (χ2v) is 8.34. The average Bonchev–Trinajstić information content (AvgIpc) is 3.52. The Morgan fingerprint density at radius 1 is 1.19 bits per heavy atom. The van der Waals surface area contributed by atoms with Gasteiger partial charge < -0.3 is 15.0 Å². The summed E-state index contributed by atoms with van der Waals surface area (Å²) in [7, 11) is 0. The maximum Gasteiger partial charge on any atom is 0.208 e. The predicted molar refractivity (Wildman–Crippen MR) is 119 cm³/mol. The zero-order chi connectivity index (χ0) is 21.4. The summed E-state index contributed by atoms with van der Waals surface area (Å²) in [5.41, 5.74) is 5.36. The van der Waals surface area contributed by atoms with Crippen molar-refractivity contribution in [2.75, 3.05) is 5.32 Å². The molecule has 5 rings (SSSR count). The Balaban J connectivity index is 1.43. The van der Waals surface area contributed by atoms with Gasteiger partial charge in [0.05, 0.1) is 35.7 Å². The molecular weight excluding hydrogens is 412 g/mol. The molecule has 0 fully saturated rings. The van der Waals surface area contributed by atoms with Gasteiger partial charge in [-0.1, -0.05) is 0 Å². The highest BCUT2D eigenvalue weighted by Crippen LogP contribution is 2.31. The molecule has 31 heavy (non-hydrogen) atoms. The Morgan fingerprint density at radius 2 is 2.06 bits per heavy atom. The van der Waals surface area contributed by atoms with E-state index in [2.05, 4.69) is 31.6 Å². The first-order valence-corrected chi connectivity index (χ1v) is 11.2. The van der Waals surface area contributed by atoms with Gasteiger partial charge in [-0.2, -0.15) is 14.5 Å². The number of hydrogen-bond acceptors (Lipinski definition) is 8. The minimum absolute atomic E-state index is 0.183. The van der Waals surface area contributed by atoms with Crippen LogP contribution in [-0.2, 0) is 26.0 Å². The average molecular weight is 437 g/mol. The molecule has 1 aliphatic carbocycles. The number of aryl methyl sites for hydroxylation is 3. The summed E-state index contributed by atoms with van der Waals surface area (Å²) in [4.78, 5) is 13.5. The first-order chi connectivity index (χ1) is 15.2. The van der Waals surface area contributed by atoms with Gasteiger partial charge in [-0.15, -0.1) is 0 Å². The number of hydrogen-bond donors (Lipinski definition) is 2. The number of aliphatic hydroxyl groups is 1. The Morgan fingerprint density at radius 3 is 2.84 bits per heavy atom. The number of nitrogens with zero attached hydrogens (tertiary/aromatic N) is 7. The highest BCUT2D eigenvalue weighted by atomic mass is 32.1. The van der Waals surface area contributed by atoms with Crippen LogP contribution in [0.15, 0.2) is 24.7 Å². The van der Waals surface area contributed by atoms with Crippen molar-refractivity contribution in [2.24, 2.45) is 0 Å². The fraction of sp³-hybridized carbons (Fsp3) is 0.381. The molecular formula is C21H24N8OS. The van der Waals surface area contributed by atoms with E-state index >= 15 is 0 Å². The fourth-order valence-electron chi connectivity index (χ4n) is 3.98. The summed E-state index contributed by atoms with van der Waals surface area (Å²) in [6.45, 7) is 4.64. The molecule has 10 heteroatoms. The van der Waals surface area contributed by atoms with Gasteiger partial charge in [-0.3, -0.25) is 0 Å². The van der Waals surface area contributed by atoms with E-state index in [1.807, 2.05) is 34.5 Å². The van der Waals surface area contributed by atoms with Crippen LogP contribution in [0.3, 0.4) is 0 Å². The van der Waals surface area contributed by atoms with Gasteiger partial charge in [0.25, 0.3) is 0 Å². The molecule has 0 aliphatic heterocycles. The summed E-state index contributed by atoms with van der Waals surface area (Å²) in [5.74, 6) is 1.56. The summed E-state index contributed by atoms with van der Waals surface area (Å²) < 4.78 is 8.36. The molecule has 0 unspecified atom stereocenters. The van der Waals surface area contributed by atoms with Crippen molar-refractivity contribution in [1.29, 1.82) is 0 Å². The molecule has 0 spiro atoms. The van der Waals surface area contributed by atoms with E-state index in [4.69, 9.17) is 5.10 Å². The van der Waals surface area contributed by atoms with Crippen molar-refractivity contribution in [2.45, 2.75) is 52.7 Å². The summed E-state index contributed by atoms with van der Waals surface area (Å²) >= 11 is 1.30. The standard InChI is InChI=1S/C21H24N8OS/c1-3-29-20(14-6-4-5-7-15(14)26-29)25-21-24-19(27-31-21)16-8-9-18(17(11-30)23-16)28-10-13(2)22-12-28/h8-10,12,30H,3-7,11H2,1-2H3,(H,24,25,27). The van der Waals surface area contributed by atoms with Gasteiger partial charge in [-0.25, -0.2) is 14.6 Å². The third kappa shape index (κ3) is 3.72. The van der Waals surface area contributed by atoms with E-state index in [1.54, 1.807) is 6.33 Å². The van der Waals surface area contributed by atoms with Gasteiger partial charge >= 0.3 is 0 Å². The fourth-order valence-corrected chi connectivity index (χ4v) is 4.55. The van der Waals surface area contributed by atoms with Crippen LogP contribution in [0.25, 0.3) is 17.2 Å². The molecule has 4 heterocycles. The van der Waals surface area contributed by atoms with Crippen LogP contribution in [0.1, 0.15) is 42.4 Å². The third-order valence-electron chi connectivity index (χ3n) is 5.49. The van der Waals surface area contributed by atoms with Crippen molar-refractivity contribution in [3.63, 3.8) is 0 Å². The molecule has 160 valence electrons. The molecule has 4 aromatic heterocycles. The van der Waals surface area contributed by atoms with Crippen molar-refractivity contribution in [3.05, 3.63) is 47.3 Å². The van der Waals surface area contributed by atoms with E-state index in [0.29, 0.717) is 22.3 Å². The first-order valence-electron chi connectivity index (χ1n) is 10.5. The second kappa shape index (κ2) is 8.20. The van der Waals surface area contributed by atoms with Crippen LogP contribution < -0.4 is 5.32 Å². The van der Waals surface area contributed by atoms with E-state index in [0.717, 1.165) is 36.6 Å². The van der Waals surface area contributed by atoms with Crippen LogP contribution >= 0.6 is 11.5 Å². The maximum absolute atomic E-state index is 9.85. The lowest BCUT2D eigenvalue weighted by Gasteiger charge is -2.11. The zero-order valence-electron chi connectivity index (χ0n) is 17.5. The molecule has 0 bridgehead atoms. The highest BCUT2D eigenvalue weighted by molar-refractivity contribution is 7.09. The number of aromatic nitrogens is 7. The topological polar surface area (TPSA) is 107 Å². The normalized spacial score (nSPS) is 13.4. The van der Waals surface area contributed by atoms with Gasteiger partial charge in [0.1, 0.15) is 11.5 Å². The lowest BCUT2D eigenvalue weighted by Crippen LogP contribution is -2.05. The van der Waals surface area contributed by atoms with Crippen LogP contribution in [0.5, 0.6) is 0 Å². The van der Waals surface area contributed by atoms with E-state index < -0.39 is 0 Å². The second-order valence-electron chi connectivity index (χ2n) is 7.59. The van der Waals surface area contributed by atoms with E-state index in [9.17, 15) is 5.11 Å². The molecule has 0 amide bonds. The number of nitrogens with one attached hydrogen (secondary N) is 1. The smallest absolute Gasteiger partial charge is 0.208 e. The molecule has 0 aromatic carbocycles. The summed E-state index contributed by atoms with van der Waals surface area (Å²) in [6.07, 6.45) is 8.08. The van der Waals surface area contributed by atoms with Gasteiger partial charge in [0.15, 0.2) is 5.82 Å². The van der Waals surface area contributed by atoms with Crippen molar-refractivity contribution >= 4 is 22.5 Å². The molecule has 9 nitrogen and oxygen atoms in total. The number of pyridine rings is 1. The minimum Gasteiger partial charge on any atom is -0.390 e. The van der Waals surface area contributed by atoms with Gasteiger partial charge in [0.2, 0.25) is 5.13 Å². The monoisotopic (exact) mass is 436 g/mol. The SMILES string of the molecule is CCn1nc2c(c1Nc1nc(-c3ccc(-n4cnc(C)c4)c(CO)n3)ns1)CCCC2. The Hall–Kier alpha value is -3.11. The van der Waals surface area contributed by atoms with Crippen LogP contribution in [0.2, 0.25) is 0 Å². The molecule has 0 radical (unpaired) electrons. The molecule has 4 aromatic rings. The Bertz CT molecular complexity index is 1220. The number of fused-ring (bicyclic) bond motifs is 1. The minimum atomic E-state index is -0.183. The lowest BCUT2D eigenvalue weighted by atomic mass is 9.97. The van der Waals surface area contributed by atoms with Crippen LogP contribution in [0.4, 0.5) is 10.9 Å². The molecule has 0 atom stereocenters. The summed E-state index contributed by atoms with van der Waals surface area (Å²) in [5, 5.41) is 18.8. The van der Waals surface area contributed by atoms with Crippen LogP contribution in [0, 0.1) is 6.92 Å². The lowest BCUT2D eigenvalue weighted by molar-refractivity contribution is 0.276. The Labute approximate surface area is 184 Å². The molecule has 1 aliphatic rings. The van der Waals surface area contributed by atoms with Crippen molar-refractivity contribution in [1.82, 2.24) is 33.7 Å². The first kappa shape index (κ1) is 19.8. The molecule has 2 N–H and O–H groups in total. The van der Waals surface area contributed by atoms with E-state index in [1.165, 1.54) is 35.6 Å². The number of imidazole rings is 1. The number of aliphatic hydroxyl groups excluding tert-OH is 1. The van der Waals surface area contributed by atoms with Gasteiger partial charge in [-0.05, 0) is 51.7 Å². The third-order valence-corrected chi connectivity index (χ3v) is 6.12. The number of rotatable bonds is 6. The van der Waals surface area contributed by atoms with E-state index in [-0.39, 0.29) is 6.61 Å². The summed E-state index contributed by atoms with van der Waals surface area (Å²) in [6, 6.07) is 3.78. The predicted octanol–water partition coefficient (Wildman–Crippen LogP) is 3.43. The molecule has 0 saturated carbocycles. The Kier molecular flexibility index (Phi) is 5.24. The largest absolute Gasteiger partial charge is 0.390 e. The van der Waals surface area contributed by atoms with Gasteiger partial charge in [0, 0.05) is 29.8 Å². The molecule has 0 saturated heterocycles. The van der Waals surface area contributed by atoms with Crippen molar-refractivity contribution < 1.29 is 5.11 Å². The zero-order valence-corrected chi connectivity index (χ0v) is 18.4.